The van der Waals surface area contributed by atoms with Gasteiger partial charge in [0.15, 0.2) is 0 Å². The molecule has 0 unspecified atom stereocenters. The van der Waals surface area contributed by atoms with Gasteiger partial charge < -0.3 is 10.1 Å². The van der Waals surface area contributed by atoms with E-state index in [9.17, 15) is 28.1 Å². The largest absolute Gasteiger partial charge is 0.457 e. The smallest absolute Gasteiger partial charge is 0.420 e. The second-order valence-corrected chi connectivity index (χ2v) is 6.94. The number of ether oxygens (including phenoxy) is 1. The van der Waals surface area contributed by atoms with Crippen LogP contribution in [0.25, 0.3) is 0 Å². The molecule has 0 aliphatic rings. The highest BCUT2D eigenvalue weighted by Crippen LogP contribution is 2.40. The van der Waals surface area contributed by atoms with Crippen molar-refractivity contribution in [2.24, 2.45) is 0 Å². The molecule has 3 aromatic carbocycles. The third-order valence-corrected chi connectivity index (χ3v) is 4.43. The van der Waals surface area contributed by atoms with Gasteiger partial charge >= 0.3 is 6.18 Å². The van der Waals surface area contributed by atoms with E-state index in [4.69, 9.17) is 4.74 Å². The van der Waals surface area contributed by atoms with Crippen molar-refractivity contribution in [1.29, 1.82) is 0 Å². The van der Waals surface area contributed by atoms with E-state index in [0.717, 1.165) is 16.6 Å². The lowest BCUT2D eigenvalue weighted by Gasteiger charge is -2.14. The maximum absolute atomic E-state index is 13.3. The number of non-ortho nitro benzene ring substituents is 1. The Hall–Kier alpha value is -3.40. The average Bonchev–Trinajstić information content (AvgIpc) is 2.69. The molecule has 6 nitrogen and oxygen atoms in total. The highest BCUT2D eigenvalue weighted by Gasteiger charge is 2.36. The first-order chi connectivity index (χ1) is 14.1. The molecule has 0 heterocycles. The summed E-state index contributed by atoms with van der Waals surface area (Å²) in [6.07, 6.45) is -4.86. The van der Waals surface area contributed by atoms with Crippen molar-refractivity contribution in [3.63, 3.8) is 0 Å². The second-order valence-electron chi connectivity index (χ2n) is 6.03. The van der Waals surface area contributed by atoms with Crippen LogP contribution in [0.5, 0.6) is 11.5 Å². The third kappa shape index (κ3) is 5.15. The van der Waals surface area contributed by atoms with Gasteiger partial charge in [0.05, 0.1) is 4.92 Å². The summed E-state index contributed by atoms with van der Waals surface area (Å²) in [5.74, 6) is -1.13. The molecule has 0 fully saturated rings. The van der Waals surface area contributed by atoms with Gasteiger partial charge in [0.25, 0.3) is 11.6 Å². The van der Waals surface area contributed by atoms with Crippen LogP contribution in [0.2, 0.25) is 0 Å². The molecule has 30 heavy (non-hydrogen) atoms. The molecule has 0 aliphatic heterocycles. The number of halogens is 4. The summed E-state index contributed by atoms with van der Waals surface area (Å²) in [6, 6.07) is 14.6. The second kappa shape index (κ2) is 8.54. The van der Waals surface area contributed by atoms with E-state index in [1.165, 1.54) is 24.3 Å². The zero-order valence-corrected chi connectivity index (χ0v) is 16.5. The lowest BCUT2D eigenvalue weighted by molar-refractivity contribution is -0.385. The molecule has 1 amide bonds. The van der Waals surface area contributed by atoms with Crippen molar-refractivity contribution < 1.29 is 27.6 Å². The number of hydrogen-bond acceptors (Lipinski definition) is 4. The third-order valence-electron chi connectivity index (χ3n) is 3.91. The number of nitro benzene ring substituents is 1. The molecular formula is C20H12BrF3N2O4. The summed E-state index contributed by atoms with van der Waals surface area (Å²) in [4.78, 5) is 22.3. The van der Waals surface area contributed by atoms with Crippen molar-refractivity contribution in [3.05, 3.63) is 92.4 Å². The van der Waals surface area contributed by atoms with Crippen LogP contribution >= 0.6 is 15.9 Å². The minimum absolute atomic E-state index is 0.0298. The van der Waals surface area contributed by atoms with Gasteiger partial charge in [-0.3, -0.25) is 14.9 Å². The van der Waals surface area contributed by atoms with Crippen molar-refractivity contribution in [2.75, 3.05) is 5.32 Å². The number of hydrogen-bond donors (Lipinski definition) is 1. The van der Waals surface area contributed by atoms with Crippen molar-refractivity contribution >= 4 is 33.2 Å². The van der Waals surface area contributed by atoms with E-state index in [0.29, 0.717) is 11.8 Å². The van der Waals surface area contributed by atoms with Crippen LogP contribution in [0.1, 0.15) is 15.9 Å². The number of nitro groups is 1. The van der Waals surface area contributed by atoms with Gasteiger partial charge in [-0.1, -0.05) is 22.0 Å². The highest BCUT2D eigenvalue weighted by atomic mass is 79.9. The molecule has 0 bridgehead atoms. The molecule has 0 saturated carbocycles. The molecule has 0 spiro atoms. The summed E-state index contributed by atoms with van der Waals surface area (Å²) < 4.78 is 46.0. The maximum Gasteiger partial charge on any atom is 0.420 e. The van der Waals surface area contributed by atoms with E-state index >= 15 is 0 Å². The number of nitrogens with one attached hydrogen (secondary N) is 1. The normalized spacial score (nSPS) is 11.1. The summed E-state index contributed by atoms with van der Waals surface area (Å²) in [5.41, 5.74) is -1.31. The van der Waals surface area contributed by atoms with E-state index in [1.54, 1.807) is 24.3 Å². The van der Waals surface area contributed by atoms with Gasteiger partial charge in [0, 0.05) is 27.9 Å². The lowest BCUT2D eigenvalue weighted by atomic mass is 10.1. The molecule has 3 aromatic rings. The van der Waals surface area contributed by atoms with Gasteiger partial charge in [-0.25, -0.2) is 0 Å². The Bertz CT molecular complexity index is 1100. The first kappa shape index (κ1) is 21.3. The Morgan fingerprint density at radius 1 is 1.03 bits per heavy atom. The summed E-state index contributed by atoms with van der Waals surface area (Å²) in [7, 11) is 0. The lowest BCUT2D eigenvalue weighted by Crippen LogP contribution is -2.12. The number of alkyl halides is 3. The molecular weight excluding hydrogens is 469 g/mol. The number of rotatable bonds is 5. The van der Waals surface area contributed by atoms with E-state index < -0.39 is 34.0 Å². The molecule has 0 saturated heterocycles. The van der Waals surface area contributed by atoms with Crippen molar-refractivity contribution in [1.82, 2.24) is 0 Å². The molecule has 1 N–H and O–H groups in total. The number of amides is 1. The van der Waals surface area contributed by atoms with Crippen LogP contribution < -0.4 is 10.1 Å². The molecule has 0 atom stereocenters. The maximum atomic E-state index is 13.3. The molecule has 0 radical (unpaired) electrons. The first-order valence-corrected chi connectivity index (χ1v) is 9.13. The summed E-state index contributed by atoms with van der Waals surface area (Å²) >= 11 is 3.28. The Morgan fingerprint density at radius 2 is 1.73 bits per heavy atom. The Kier molecular flexibility index (Phi) is 6.06. The van der Waals surface area contributed by atoms with Crippen LogP contribution in [0.3, 0.4) is 0 Å². The van der Waals surface area contributed by atoms with Crippen LogP contribution in [0, 0.1) is 10.1 Å². The topological polar surface area (TPSA) is 81.5 Å². The Labute approximate surface area is 176 Å². The zero-order chi connectivity index (χ0) is 21.9. The number of carbonyl (C=O) groups is 1. The van der Waals surface area contributed by atoms with Crippen LogP contribution in [0.4, 0.5) is 24.5 Å². The number of nitrogens with zero attached hydrogens (tertiary/aromatic N) is 1. The molecule has 0 aromatic heterocycles. The van der Waals surface area contributed by atoms with E-state index in [2.05, 4.69) is 21.2 Å². The zero-order valence-electron chi connectivity index (χ0n) is 14.9. The van der Waals surface area contributed by atoms with Gasteiger partial charge in [-0.05, 0) is 48.5 Å². The molecule has 154 valence electrons. The molecule has 10 heteroatoms. The average molecular weight is 481 g/mol. The monoisotopic (exact) mass is 480 g/mol. The minimum atomic E-state index is -4.86. The SMILES string of the molecule is O=C(Nc1ccc(Br)cc1)c1cccc(Oc2ccc([N+](=O)[O-])cc2C(F)(F)F)c1. The summed E-state index contributed by atoms with van der Waals surface area (Å²) in [5, 5.41) is 13.5. The quantitative estimate of drug-likeness (QED) is 0.337. The fourth-order valence-corrected chi connectivity index (χ4v) is 2.77. The number of anilines is 1. The predicted molar refractivity (Wildman–Crippen MR) is 107 cm³/mol. The first-order valence-electron chi connectivity index (χ1n) is 8.34. The minimum Gasteiger partial charge on any atom is -0.457 e. The standard InChI is InChI=1S/C20H12BrF3N2O4/c21-13-4-6-14(7-5-13)25-19(27)12-2-1-3-16(10-12)30-18-9-8-15(26(28)29)11-17(18)20(22,23)24/h1-11H,(H,25,27). The van der Waals surface area contributed by atoms with Crippen LogP contribution in [-0.4, -0.2) is 10.8 Å². The van der Waals surface area contributed by atoms with Crippen molar-refractivity contribution in [2.45, 2.75) is 6.18 Å². The van der Waals surface area contributed by atoms with Gasteiger partial charge in [-0.2, -0.15) is 13.2 Å². The fraction of sp³-hybridized carbons (Fsp3) is 0.0500. The molecule has 0 aliphatic carbocycles. The van der Waals surface area contributed by atoms with Crippen LogP contribution in [0.15, 0.2) is 71.2 Å². The van der Waals surface area contributed by atoms with Crippen molar-refractivity contribution in [3.8, 4) is 11.5 Å². The fourth-order valence-electron chi connectivity index (χ4n) is 2.51. The number of benzene rings is 3. The van der Waals surface area contributed by atoms with Crippen LogP contribution in [-0.2, 0) is 6.18 Å². The molecule has 3 rings (SSSR count). The Morgan fingerprint density at radius 3 is 2.37 bits per heavy atom. The highest BCUT2D eigenvalue weighted by molar-refractivity contribution is 9.10. The van der Waals surface area contributed by atoms with E-state index in [1.807, 2.05) is 0 Å². The summed E-state index contributed by atoms with van der Waals surface area (Å²) in [6.45, 7) is 0. The van der Waals surface area contributed by atoms with Gasteiger partial charge in [0.1, 0.15) is 17.1 Å². The van der Waals surface area contributed by atoms with E-state index in [-0.39, 0.29) is 11.3 Å². The van der Waals surface area contributed by atoms with Gasteiger partial charge in [-0.15, -0.1) is 0 Å². The predicted octanol–water partition coefficient (Wildman–Crippen LogP) is 6.42. The van der Waals surface area contributed by atoms with Gasteiger partial charge in [0.2, 0.25) is 0 Å². The Balaban J connectivity index is 1.85. The number of carbonyl (C=O) groups excluding carboxylic acids is 1.